The summed E-state index contributed by atoms with van der Waals surface area (Å²) < 4.78 is 0. The lowest BCUT2D eigenvalue weighted by Gasteiger charge is -2.36. The number of nitrogens with zero attached hydrogens (tertiary/aromatic N) is 1. The van der Waals surface area contributed by atoms with Crippen LogP contribution in [-0.4, -0.2) is 10.5 Å². The minimum absolute atomic E-state index is 0.0485. The summed E-state index contributed by atoms with van der Waals surface area (Å²) in [5, 5.41) is 1.20. The Balaban J connectivity index is 1.84. The van der Waals surface area contributed by atoms with Crippen LogP contribution in [0.15, 0.2) is 36.4 Å². The Bertz CT molecular complexity index is 578. The Morgan fingerprint density at radius 2 is 2.11 bits per heavy atom. The zero-order chi connectivity index (χ0) is 13.3. The second-order valence-corrected chi connectivity index (χ2v) is 6.24. The molecule has 2 atom stereocenters. The maximum Gasteiger partial charge on any atom is 0.0705 e. The quantitative estimate of drug-likeness (QED) is 0.887. The molecular formula is C17H22N2. The molecule has 1 aliphatic carbocycles. The Labute approximate surface area is 115 Å². The van der Waals surface area contributed by atoms with Gasteiger partial charge in [-0.3, -0.25) is 4.98 Å². The van der Waals surface area contributed by atoms with Crippen molar-refractivity contribution in [3.8, 4) is 0 Å². The van der Waals surface area contributed by atoms with Crippen molar-refractivity contribution >= 4 is 10.9 Å². The number of rotatable bonds is 2. The van der Waals surface area contributed by atoms with Crippen molar-refractivity contribution in [2.24, 2.45) is 11.7 Å². The van der Waals surface area contributed by atoms with Crippen LogP contribution in [0.1, 0.15) is 38.3 Å². The second-order valence-electron chi connectivity index (χ2n) is 6.24. The highest BCUT2D eigenvalue weighted by atomic mass is 14.8. The summed E-state index contributed by atoms with van der Waals surface area (Å²) in [6.07, 6.45) is 5.74. The fourth-order valence-corrected chi connectivity index (χ4v) is 3.43. The van der Waals surface area contributed by atoms with Crippen LogP contribution in [-0.2, 0) is 6.42 Å². The van der Waals surface area contributed by atoms with E-state index in [9.17, 15) is 0 Å². The van der Waals surface area contributed by atoms with Gasteiger partial charge >= 0.3 is 0 Å². The van der Waals surface area contributed by atoms with Crippen molar-refractivity contribution in [3.05, 3.63) is 42.1 Å². The molecule has 0 bridgehead atoms. The Hall–Kier alpha value is -1.41. The van der Waals surface area contributed by atoms with E-state index in [0.29, 0.717) is 0 Å². The molecule has 1 aliphatic rings. The number of benzene rings is 1. The Morgan fingerprint density at radius 3 is 2.95 bits per heavy atom. The zero-order valence-corrected chi connectivity index (χ0v) is 11.6. The molecule has 1 fully saturated rings. The van der Waals surface area contributed by atoms with Gasteiger partial charge in [-0.15, -0.1) is 0 Å². The SMILES string of the molecule is CC1CCCC(N)(Cc2ccc3ccccc3n2)C1. The molecule has 2 nitrogen and oxygen atoms in total. The fourth-order valence-electron chi connectivity index (χ4n) is 3.43. The summed E-state index contributed by atoms with van der Waals surface area (Å²) in [5.74, 6) is 0.749. The van der Waals surface area contributed by atoms with Crippen molar-refractivity contribution < 1.29 is 0 Å². The topological polar surface area (TPSA) is 38.9 Å². The minimum Gasteiger partial charge on any atom is -0.325 e. The van der Waals surface area contributed by atoms with Crippen molar-refractivity contribution in [3.63, 3.8) is 0 Å². The fraction of sp³-hybridized carbons (Fsp3) is 0.471. The van der Waals surface area contributed by atoms with Gasteiger partial charge in [0, 0.05) is 23.0 Å². The highest BCUT2D eigenvalue weighted by Crippen LogP contribution is 2.32. The van der Waals surface area contributed by atoms with Gasteiger partial charge < -0.3 is 5.73 Å². The molecule has 0 radical (unpaired) electrons. The Morgan fingerprint density at radius 1 is 1.26 bits per heavy atom. The highest BCUT2D eigenvalue weighted by Gasteiger charge is 2.31. The van der Waals surface area contributed by atoms with Gasteiger partial charge in [-0.1, -0.05) is 44.0 Å². The van der Waals surface area contributed by atoms with E-state index in [-0.39, 0.29) is 5.54 Å². The number of para-hydroxylation sites is 1. The standard InChI is InChI=1S/C17H22N2/c1-13-5-4-10-17(18,11-13)12-15-9-8-14-6-2-3-7-16(14)19-15/h2-3,6-9,13H,4-5,10-12,18H2,1H3. The van der Waals surface area contributed by atoms with E-state index in [1.54, 1.807) is 0 Å². The molecule has 2 unspecified atom stereocenters. The van der Waals surface area contributed by atoms with Gasteiger partial charge in [-0.05, 0) is 30.9 Å². The lowest BCUT2D eigenvalue weighted by atomic mass is 9.74. The minimum atomic E-state index is -0.0485. The number of fused-ring (bicyclic) bond motifs is 1. The molecule has 2 aromatic rings. The van der Waals surface area contributed by atoms with Gasteiger partial charge in [0.05, 0.1) is 5.52 Å². The van der Waals surface area contributed by atoms with E-state index in [4.69, 9.17) is 10.7 Å². The van der Waals surface area contributed by atoms with Crippen molar-refractivity contribution in [2.45, 2.75) is 44.6 Å². The van der Waals surface area contributed by atoms with Crippen LogP contribution in [0.3, 0.4) is 0 Å². The first-order valence-electron chi connectivity index (χ1n) is 7.28. The summed E-state index contributed by atoms with van der Waals surface area (Å²) >= 11 is 0. The molecule has 0 saturated heterocycles. The molecule has 3 rings (SSSR count). The van der Waals surface area contributed by atoms with Crippen LogP contribution in [0.5, 0.6) is 0 Å². The molecule has 19 heavy (non-hydrogen) atoms. The first kappa shape index (κ1) is 12.6. The third-order valence-electron chi connectivity index (χ3n) is 4.32. The number of hydrogen-bond donors (Lipinski definition) is 1. The van der Waals surface area contributed by atoms with E-state index in [1.165, 1.54) is 18.2 Å². The largest absolute Gasteiger partial charge is 0.325 e. The highest BCUT2D eigenvalue weighted by molar-refractivity contribution is 5.78. The van der Waals surface area contributed by atoms with E-state index >= 15 is 0 Å². The molecule has 1 aromatic carbocycles. The monoisotopic (exact) mass is 254 g/mol. The zero-order valence-electron chi connectivity index (χ0n) is 11.6. The van der Waals surface area contributed by atoms with E-state index < -0.39 is 0 Å². The molecule has 100 valence electrons. The maximum atomic E-state index is 6.59. The maximum absolute atomic E-state index is 6.59. The van der Waals surface area contributed by atoms with Gasteiger partial charge in [0.1, 0.15) is 0 Å². The number of aromatic nitrogens is 1. The smallest absolute Gasteiger partial charge is 0.0705 e. The first-order valence-corrected chi connectivity index (χ1v) is 7.28. The molecule has 1 aromatic heterocycles. The van der Waals surface area contributed by atoms with Gasteiger partial charge in [0.25, 0.3) is 0 Å². The van der Waals surface area contributed by atoms with Crippen molar-refractivity contribution in [1.82, 2.24) is 4.98 Å². The predicted octanol–water partition coefficient (Wildman–Crippen LogP) is 3.68. The second kappa shape index (κ2) is 4.93. The van der Waals surface area contributed by atoms with E-state index in [1.807, 2.05) is 6.07 Å². The van der Waals surface area contributed by atoms with Crippen LogP contribution in [0.25, 0.3) is 10.9 Å². The summed E-state index contributed by atoms with van der Waals surface area (Å²) in [7, 11) is 0. The number of hydrogen-bond acceptors (Lipinski definition) is 2. The van der Waals surface area contributed by atoms with E-state index in [2.05, 4.69) is 37.3 Å². The lowest BCUT2D eigenvalue weighted by molar-refractivity contribution is 0.234. The molecule has 2 heteroatoms. The normalized spacial score (nSPS) is 27.6. The van der Waals surface area contributed by atoms with Crippen molar-refractivity contribution in [1.29, 1.82) is 0 Å². The number of pyridine rings is 1. The first-order chi connectivity index (χ1) is 9.15. The molecule has 0 amide bonds. The molecule has 1 saturated carbocycles. The molecule has 0 spiro atoms. The average Bonchev–Trinajstić information content (AvgIpc) is 2.38. The van der Waals surface area contributed by atoms with Crippen LogP contribution in [0, 0.1) is 5.92 Å². The molecule has 0 aliphatic heterocycles. The van der Waals surface area contributed by atoms with Gasteiger partial charge in [-0.25, -0.2) is 0 Å². The van der Waals surface area contributed by atoms with Crippen LogP contribution < -0.4 is 5.73 Å². The van der Waals surface area contributed by atoms with Crippen molar-refractivity contribution in [2.75, 3.05) is 0 Å². The molecular weight excluding hydrogens is 232 g/mol. The third-order valence-corrected chi connectivity index (χ3v) is 4.32. The van der Waals surface area contributed by atoms with E-state index in [0.717, 1.165) is 36.4 Å². The van der Waals surface area contributed by atoms with Crippen LogP contribution >= 0.6 is 0 Å². The summed E-state index contributed by atoms with van der Waals surface area (Å²) in [6.45, 7) is 2.31. The number of nitrogens with two attached hydrogens (primary N) is 1. The average molecular weight is 254 g/mol. The Kier molecular flexibility index (Phi) is 3.28. The predicted molar refractivity (Wildman–Crippen MR) is 80.0 cm³/mol. The third kappa shape index (κ3) is 2.79. The van der Waals surface area contributed by atoms with Crippen LogP contribution in [0.4, 0.5) is 0 Å². The summed E-state index contributed by atoms with van der Waals surface area (Å²) in [5.41, 5.74) is 8.75. The summed E-state index contributed by atoms with van der Waals surface area (Å²) in [6, 6.07) is 12.6. The molecule has 2 N–H and O–H groups in total. The molecule has 1 heterocycles. The van der Waals surface area contributed by atoms with Crippen LogP contribution in [0.2, 0.25) is 0 Å². The van der Waals surface area contributed by atoms with Gasteiger partial charge in [-0.2, -0.15) is 0 Å². The van der Waals surface area contributed by atoms with Gasteiger partial charge in [0.2, 0.25) is 0 Å². The summed E-state index contributed by atoms with van der Waals surface area (Å²) in [4.78, 5) is 4.76. The lowest BCUT2D eigenvalue weighted by Crippen LogP contribution is -2.46. The van der Waals surface area contributed by atoms with Gasteiger partial charge in [0.15, 0.2) is 0 Å².